The summed E-state index contributed by atoms with van der Waals surface area (Å²) in [5.41, 5.74) is 4.32. The molecule has 0 aromatic carbocycles. The van der Waals surface area contributed by atoms with Crippen LogP contribution in [0.2, 0.25) is 0 Å². The Morgan fingerprint density at radius 3 is 2.92 bits per heavy atom. The van der Waals surface area contributed by atoms with Gasteiger partial charge in [-0.15, -0.1) is 0 Å². The average Bonchev–Trinajstić information content (AvgIpc) is 3.23. The molecular formula is C17H22N6O2. The molecule has 2 aliphatic rings. The Balaban J connectivity index is 1.63. The molecule has 0 saturated carbocycles. The summed E-state index contributed by atoms with van der Waals surface area (Å²) < 4.78 is 0. The van der Waals surface area contributed by atoms with E-state index in [9.17, 15) is 9.90 Å². The van der Waals surface area contributed by atoms with Gasteiger partial charge in [-0.1, -0.05) is 0 Å². The maximum atomic E-state index is 11.3. The fraction of sp³-hybridized carbons (Fsp3) is 0.588. The summed E-state index contributed by atoms with van der Waals surface area (Å²) in [4.78, 5) is 22.9. The highest BCUT2D eigenvalue weighted by atomic mass is 16.4. The minimum atomic E-state index is -0.789. The molecule has 1 aliphatic heterocycles. The fourth-order valence-electron chi connectivity index (χ4n) is 4.10. The minimum absolute atomic E-state index is 0.0230. The molecule has 2 N–H and O–H groups in total. The van der Waals surface area contributed by atoms with E-state index in [1.54, 1.807) is 6.20 Å². The van der Waals surface area contributed by atoms with Gasteiger partial charge in [0.25, 0.3) is 0 Å². The Hall–Kier alpha value is -2.51. The number of anilines is 1. The molecule has 2 aromatic rings. The molecule has 4 rings (SSSR count). The summed E-state index contributed by atoms with van der Waals surface area (Å²) >= 11 is 0. The van der Waals surface area contributed by atoms with Gasteiger partial charge < -0.3 is 10.0 Å². The van der Waals surface area contributed by atoms with E-state index < -0.39 is 5.97 Å². The third-order valence-corrected chi connectivity index (χ3v) is 5.35. The third-order valence-electron chi connectivity index (χ3n) is 5.35. The highest BCUT2D eigenvalue weighted by Gasteiger charge is 2.38. The van der Waals surface area contributed by atoms with Gasteiger partial charge in [-0.25, -0.2) is 9.97 Å². The summed E-state index contributed by atoms with van der Waals surface area (Å²) in [7, 11) is 0. The van der Waals surface area contributed by atoms with Crippen molar-refractivity contribution in [2.75, 3.05) is 18.0 Å². The molecule has 132 valence electrons. The molecule has 0 spiro atoms. The second-order valence-corrected chi connectivity index (χ2v) is 7.01. The second-order valence-electron chi connectivity index (χ2n) is 7.01. The van der Waals surface area contributed by atoms with Crippen molar-refractivity contribution in [3.63, 3.8) is 0 Å². The van der Waals surface area contributed by atoms with Gasteiger partial charge in [-0.3, -0.25) is 4.79 Å². The van der Waals surface area contributed by atoms with Crippen LogP contribution in [0.25, 0.3) is 0 Å². The molecule has 1 aliphatic carbocycles. The van der Waals surface area contributed by atoms with Crippen molar-refractivity contribution in [1.29, 1.82) is 0 Å². The summed E-state index contributed by atoms with van der Waals surface area (Å²) in [6.07, 6.45) is 6.23. The lowest BCUT2D eigenvalue weighted by atomic mass is 9.91. The number of hydrogen-bond acceptors (Lipinski definition) is 6. The van der Waals surface area contributed by atoms with E-state index in [4.69, 9.17) is 9.97 Å². The van der Waals surface area contributed by atoms with Crippen molar-refractivity contribution in [3.05, 3.63) is 28.8 Å². The largest absolute Gasteiger partial charge is 0.481 e. The van der Waals surface area contributed by atoms with E-state index in [-0.39, 0.29) is 18.3 Å². The molecule has 8 nitrogen and oxygen atoms in total. The molecule has 0 amide bonds. The van der Waals surface area contributed by atoms with Crippen molar-refractivity contribution in [3.8, 4) is 0 Å². The average molecular weight is 342 g/mol. The van der Waals surface area contributed by atoms with Gasteiger partial charge in [0.2, 0.25) is 5.95 Å². The summed E-state index contributed by atoms with van der Waals surface area (Å²) in [5.74, 6) is -0.0697. The van der Waals surface area contributed by atoms with Crippen molar-refractivity contribution in [2.24, 2.45) is 5.92 Å². The topological polar surface area (TPSA) is 108 Å². The molecule has 0 radical (unpaired) electrons. The van der Waals surface area contributed by atoms with Crippen LogP contribution >= 0.6 is 0 Å². The van der Waals surface area contributed by atoms with Crippen LogP contribution in [0.3, 0.4) is 0 Å². The first kappa shape index (κ1) is 16.0. The number of nitrogens with zero attached hydrogens (tertiary/aromatic N) is 5. The van der Waals surface area contributed by atoms with Gasteiger partial charge in [0.05, 0.1) is 18.3 Å². The van der Waals surface area contributed by atoms with Crippen LogP contribution in [0, 0.1) is 12.8 Å². The highest BCUT2D eigenvalue weighted by molar-refractivity contribution is 5.67. The number of hydrogen-bond donors (Lipinski definition) is 2. The van der Waals surface area contributed by atoms with Crippen molar-refractivity contribution >= 4 is 11.9 Å². The van der Waals surface area contributed by atoms with Crippen LogP contribution in [0.5, 0.6) is 0 Å². The van der Waals surface area contributed by atoms with Crippen LogP contribution < -0.4 is 4.90 Å². The van der Waals surface area contributed by atoms with Gasteiger partial charge in [0.15, 0.2) is 0 Å². The number of carbonyl (C=O) groups is 1. The molecule has 25 heavy (non-hydrogen) atoms. The standard InChI is InChI=1S/C17H22N6O2/c1-10-12-4-2-3-5-14(12)20-17(19-10)23-8-11(6-16(24)25)13(9-23)15-7-18-22-21-15/h7,11,13H,2-6,8-9H2,1H3,(H,24,25)(H,18,21,22)/t11-,13+/m1/s1. The Labute approximate surface area is 145 Å². The molecule has 1 fully saturated rings. The summed E-state index contributed by atoms with van der Waals surface area (Å²) in [5, 5.41) is 19.9. The van der Waals surface area contributed by atoms with E-state index in [2.05, 4.69) is 27.2 Å². The van der Waals surface area contributed by atoms with E-state index in [0.717, 1.165) is 35.9 Å². The molecule has 0 unspecified atom stereocenters. The Kier molecular flexibility index (Phi) is 4.10. The number of nitrogens with one attached hydrogen (secondary N) is 1. The zero-order valence-corrected chi connectivity index (χ0v) is 14.3. The predicted octanol–water partition coefficient (Wildman–Crippen LogP) is 1.48. The lowest BCUT2D eigenvalue weighted by molar-refractivity contribution is -0.138. The van der Waals surface area contributed by atoms with E-state index in [0.29, 0.717) is 13.1 Å². The monoisotopic (exact) mass is 342 g/mol. The van der Waals surface area contributed by atoms with E-state index in [1.165, 1.54) is 18.4 Å². The summed E-state index contributed by atoms with van der Waals surface area (Å²) in [6.45, 7) is 3.35. The first-order valence-electron chi connectivity index (χ1n) is 8.80. The number of aryl methyl sites for hydroxylation is 2. The van der Waals surface area contributed by atoms with Crippen LogP contribution in [0.1, 0.15) is 47.8 Å². The lowest BCUT2D eigenvalue weighted by Gasteiger charge is -2.22. The molecule has 2 aromatic heterocycles. The minimum Gasteiger partial charge on any atom is -0.481 e. The molecule has 2 atom stereocenters. The number of fused-ring (bicyclic) bond motifs is 1. The van der Waals surface area contributed by atoms with Crippen molar-refractivity contribution < 1.29 is 9.90 Å². The number of H-pyrrole nitrogens is 1. The van der Waals surface area contributed by atoms with Crippen LogP contribution in [-0.4, -0.2) is 49.5 Å². The van der Waals surface area contributed by atoms with Crippen molar-refractivity contribution in [1.82, 2.24) is 25.4 Å². The molecule has 3 heterocycles. The number of rotatable bonds is 4. The SMILES string of the molecule is Cc1nc(N2C[C@@H](CC(=O)O)[C@@H](c3cn[nH]n3)C2)nc2c1CCCC2. The zero-order chi connectivity index (χ0) is 17.4. The molecule has 1 saturated heterocycles. The molecule has 0 bridgehead atoms. The van der Waals surface area contributed by atoms with Gasteiger partial charge >= 0.3 is 5.97 Å². The smallest absolute Gasteiger partial charge is 0.303 e. The number of aliphatic carboxylic acids is 1. The fourth-order valence-corrected chi connectivity index (χ4v) is 4.10. The molecular weight excluding hydrogens is 320 g/mol. The Morgan fingerprint density at radius 1 is 1.32 bits per heavy atom. The molecule has 8 heteroatoms. The number of aromatic nitrogens is 5. The maximum absolute atomic E-state index is 11.3. The quantitative estimate of drug-likeness (QED) is 0.866. The van der Waals surface area contributed by atoms with Gasteiger partial charge in [-0.05, 0) is 44.1 Å². The third kappa shape index (κ3) is 3.08. The van der Waals surface area contributed by atoms with E-state index in [1.807, 2.05) is 0 Å². The summed E-state index contributed by atoms with van der Waals surface area (Å²) in [6, 6.07) is 0. The van der Waals surface area contributed by atoms with Crippen LogP contribution in [-0.2, 0) is 17.6 Å². The van der Waals surface area contributed by atoms with Gasteiger partial charge in [0, 0.05) is 30.4 Å². The highest BCUT2D eigenvalue weighted by Crippen LogP contribution is 2.36. The maximum Gasteiger partial charge on any atom is 0.303 e. The van der Waals surface area contributed by atoms with Crippen LogP contribution in [0.15, 0.2) is 6.20 Å². The lowest BCUT2D eigenvalue weighted by Crippen LogP contribution is -2.25. The van der Waals surface area contributed by atoms with Crippen molar-refractivity contribution in [2.45, 2.75) is 44.9 Å². The van der Waals surface area contributed by atoms with Crippen LogP contribution in [0.4, 0.5) is 5.95 Å². The van der Waals surface area contributed by atoms with Gasteiger partial charge in [-0.2, -0.15) is 15.4 Å². The number of aromatic amines is 1. The predicted molar refractivity (Wildman–Crippen MR) is 90.5 cm³/mol. The van der Waals surface area contributed by atoms with E-state index >= 15 is 0 Å². The number of carboxylic acid groups (broad SMARTS) is 1. The first-order chi connectivity index (χ1) is 12.1. The number of carboxylic acids is 1. The zero-order valence-electron chi connectivity index (χ0n) is 14.3. The second kappa shape index (κ2) is 6.42. The van der Waals surface area contributed by atoms with Gasteiger partial charge in [0.1, 0.15) is 0 Å². The Morgan fingerprint density at radius 2 is 2.16 bits per heavy atom. The normalized spacial score (nSPS) is 22.8. The first-order valence-corrected chi connectivity index (χ1v) is 8.80. The Bertz CT molecular complexity index is 776.